The fourth-order valence-corrected chi connectivity index (χ4v) is 3.14. The van der Waals surface area contributed by atoms with Crippen LogP contribution in [0.4, 0.5) is 34.9 Å². The third-order valence-electron chi connectivity index (χ3n) is 4.68. The van der Waals surface area contributed by atoms with E-state index in [-0.39, 0.29) is 0 Å². The molecule has 31 heavy (non-hydrogen) atoms. The van der Waals surface area contributed by atoms with Crippen molar-refractivity contribution < 1.29 is 0 Å². The van der Waals surface area contributed by atoms with Gasteiger partial charge in [-0.25, -0.2) is 0 Å². The van der Waals surface area contributed by atoms with Crippen molar-refractivity contribution in [2.24, 2.45) is 0 Å². The number of anilines is 6. The summed E-state index contributed by atoms with van der Waals surface area (Å²) in [5, 5.41) is 9.83. The summed E-state index contributed by atoms with van der Waals surface area (Å²) in [4.78, 5) is 13.7. The van der Waals surface area contributed by atoms with Crippen LogP contribution in [0.5, 0.6) is 0 Å². The number of nitrogens with one attached hydrogen (secondary N) is 3. The minimum absolute atomic E-state index is 0.452. The maximum atomic E-state index is 4.56. The molecule has 0 aliphatic rings. The summed E-state index contributed by atoms with van der Waals surface area (Å²) in [7, 11) is 2.06. The van der Waals surface area contributed by atoms with Gasteiger partial charge in [0.05, 0.1) is 0 Å². The van der Waals surface area contributed by atoms with Crippen molar-refractivity contribution in [3.05, 3.63) is 83.9 Å². The standard InChI is InChI=1S/C24H24BN6/c1-16-6-4-8-20(14-16)27-23-29-22(26-19-12-10-18(25-3)11-13-19)30-24(31-23)28-21-9-5-7-17(2)15-21/h4-15H,1-3H3,(H3,26,27,28,29,30,31). The fourth-order valence-electron chi connectivity index (χ4n) is 3.14. The molecule has 0 unspecified atom stereocenters. The topological polar surface area (TPSA) is 74.8 Å². The molecule has 1 heterocycles. The normalized spacial score (nSPS) is 10.4. The molecule has 1 aromatic heterocycles. The molecule has 0 saturated carbocycles. The van der Waals surface area contributed by atoms with Gasteiger partial charge in [-0.2, -0.15) is 15.0 Å². The Balaban J connectivity index is 1.64. The van der Waals surface area contributed by atoms with E-state index in [1.165, 1.54) is 0 Å². The smallest absolute Gasteiger partial charge is 0.233 e. The van der Waals surface area contributed by atoms with Crippen LogP contribution in [-0.2, 0) is 0 Å². The first-order chi connectivity index (χ1) is 15.1. The molecule has 6 nitrogen and oxygen atoms in total. The number of aromatic nitrogens is 3. The van der Waals surface area contributed by atoms with Crippen LogP contribution in [-0.4, -0.2) is 22.2 Å². The molecule has 153 valence electrons. The van der Waals surface area contributed by atoms with Crippen LogP contribution >= 0.6 is 0 Å². The van der Waals surface area contributed by atoms with E-state index in [0.717, 1.165) is 33.7 Å². The lowest BCUT2D eigenvalue weighted by Gasteiger charge is -2.12. The third-order valence-corrected chi connectivity index (χ3v) is 4.68. The molecular weight excluding hydrogens is 383 g/mol. The van der Waals surface area contributed by atoms with E-state index in [4.69, 9.17) is 0 Å². The van der Waals surface area contributed by atoms with Gasteiger partial charge in [0, 0.05) is 17.1 Å². The first kappa shape index (κ1) is 20.4. The molecule has 1 radical (unpaired) electrons. The molecule has 4 aromatic rings. The molecule has 0 fully saturated rings. The van der Waals surface area contributed by atoms with Crippen molar-refractivity contribution >= 4 is 47.6 Å². The number of aryl methyl sites for hydroxylation is 2. The zero-order valence-electron chi connectivity index (χ0n) is 17.8. The summed E-state index contributed by atoms with van der Waals surface area (Å²) in [6.07, 6.45) is 0. The summed E-state index contributed by atoms with van der Waals surface area (Å²) in [5.74, 6) is 1.36. The van der Waals surface area contributed by atoms with E-state index in [2.05, 4.69) is 38.2 Å². The highest BCUT2D eigenvalue weighted by Gasteiger charge is 2.09. The van der Waals surface area contributed by atoms with Crippen LogP contribution in [0.15, 0.2) is 72.8 Å². The van der Waals surface area contributed by atoms with E-state index in [1.54, 1.807) is 0 Å². The van der Waals surface area contributed by atoms with E-state index in [9.17, 15) is 0 Å². The Morgan fingerprint density at radius 2 is 1.03 bits per heavy atom. The number of hydrogen-bond donors (Lipinski definition) is 3. The summed E-state index contributed by atoms with van der Waals surface area (Å²) in [6.45, 7) is 6.11. The van der Waals surface area contributed by atoms with Gasteiger partial charge < -0.3 is 16.0 Å². The molecule has 0 spiro atoms. The number of benzene rings is 3. The molecule has 0 aliphatic carbocycles. The second-order valence-corrected chi connectivity index (χ2v) is 7.33. The van der Waals surface area contributed by atoms with Gasteiger partial charge in [-0.15, -0.1) is 0 Å². The molecule has 3 aromatic carbocycles. The average Bonchev–Trinajstić information content (AvgIpc) is 2.74. The molecule has 0 bridgehead atoms. The lowest BCUT2D eigenvalue weighted by atomic mass is 9.73. The lowest BCUT2D eigenvalue weighted by molar-refractivity contribution is 1.06. The van der Waals surface area contributed by atoms with Crippen LogP contribution in [0.1, 0.15) is 11.1 Å². The van der Waals surface area contributed by atoms with Crippen molar-refractivity contribution in [1.82, 2.24) is 15.0 Å². The van der Waals surface area contributed by atoms with Gasteiger partial charge >= 0.3 is 0 Å². The monoisotopic (exact) mass is 407 g/mol. The van der Waals surface area contributed by atoms with Crippen molar-refractivity contribution in [3.63, 3.8) is 0 Å². The van der Waals surface area contributed by atoms with Gasteiger partial charge in [-0.1, -0.05) is 48.7 Å². The fraction of sp³-hybridized carbons (Fsp3) is 0.125. The van der Waals surface area contributed by atoms with Gasteiger partial charge in [0.2, 0.25) is 17.8 Å². The highest BCUT2D eigenvalue weighted by Crippen LogP contribution is 2.21. The second kappa shape index (κ2) is 9.30. The molecule has 0 aliphatic heterocycles. The Labute approximate surface area is 183 Å². The molecule has 3 N–H and O–H groups in total. The Bertz CT molecular complexity index is 1110. The minimum atomic E-state index is 0.452. The number of rotatable bonds is 7. The summed E-state index contributed by atoms with van der Waals surface area (Å²) < 4.78 is 0. The van der Waals surface area contributed by atoms with Crippen molar-refractivity contribution in [1.29, 1.82) is 0 Å². The van der Waals surface area contributed by atoms with Gasteiger partial charge in [0.25, 0.3) is 0 Å². The van der Waals surface area contributed by atoms with Crippen LogP contribution < -0.4 is 21.4 Å². The Morgan fingerprint density at radius 1 is 0.581 bits per heavy atom. The third kappa shape index (κ3) is 5.60. The van der Waals surface area contributed by atoms with E-state index < -0.39 is 0 Å². The molecule has 7 heteroatoms. The predicted octanol–water partition coefficient (Wildman–Crippen LogP) is 5.10. The van der Waals surface area contributed by atoms with Crippen LogP contribution in [0.3, 0.4) is 0 Å². The van der Waals surface area contributed by atoms with Crippen LogP contribution in [0.25, 0.3) is 0 Å². The quantitative estimate of drug-likeness (QED) is 0.370. The Hall–Kier alpha value is -3.87. The van der Waals surface area contributed by atoms with Gasteiger partial charge in [-0.05, 0) is 61.4 Å². The predicted molar refractivity (Wildman–Crippen MR) is 130 cm³/mol. The maximum absolute atomic E-state index is 4.56. The molecule has 4 rings (SSSR count). The Morgan fingerprint density at radius 3 is 1.45 bits per heavy atom. The average molecular weight is 407 g/mol. The molecule has 0 amide bonds. The minimum Gasteiger partial charge on any atom is -0.324 e. The van der Waals surface area contributed by atoms with Gasteiger partial charge in [-0.3, -0.25) is 0 Å². The number of hydrogen-bond acceptors (Lipinski definition) is 6. The molecule has 0 atom stereocenters. The largest absolute Gasteiger partial charge is 0.324 e. The van der Waals surface area contributed by atoms with Gasteiger partial charge in [0.15, 0.2) is 0 Å². The summed E-state index contributed by atoms with van der Waals surface area (Å²) in [5.41, 5.74) is 6.21. The summed E-state index contributed by atoms with van der Waals surface area (Å²) in [6, 6.07) is 24.2. The highest BCUT2D eigenvalue weighted by atomic mass is 15.3. The van der Waals surface area contributed by atoms with E-state index >= 15 is 0 Å². The zero-order valence-corrected chi connectivity index (χ0v) is 17.8. The summed E-state index contributed by atoms with van der Waals surface area (Å²) >= 11 is 0. The van der Waals surface area contributed by atoms with Crippen molar-refractivity contribution in [2.75, 3.05) is 16.0 Å². The Kier molecular flexibility index (Phi) is 6.12. The van der Waals surface area contributed by atoms with Gasteiger partial charge in [0.1, 0.15) is 7.28 Å². The first-order valence-electron chi connectivity index (χ1n) is 10.2. The molecular formula is C24H24BN6. The molecule has 0 saturated heterocycles. The maximum Gasteiger partial charge on any atom is 0.233 e. The second-order valence-electron chi connectivity index (χ2n) is 7.33. The highest BCUT2D eigenvalue weighted by molar-refractivity contribution is 6.51. The van der Waals surface area contributed by atoms with Crippen LogP contribution in [0, 0.1) is 13.8 Å². The van der Waals surface area contributed by atoms with Crippen molar-refractivity contribution in [2.45, 2.75) is 20.7 Å². The van der Waals surface area contributed by atoms with E-state index in [1.807, 2.05) is 93.5 Å². The first-order valence-corrected chi connectivity index (χ1v) is 10.2. The van der Waals surface area contributed by atoms with Crippen molar-refractivity contribution in [3.8, 4) is 0 Å². The SMILES string of the molecule is C[B]c1ccc(Nc2nc(Nc3cccc(C)c3)nc(Nc3cccc(C)c3)n2)cc1. The zero-order chi connectivity index (χ0) is 21.6. The number of nitrogens with zero attached hydrogens (tertiary/aromatic N) is 3. The van der Waals surface area contributed by atoms with Crippen LogP contribution in [0.2, 0.25) is 6.82 Å². The lowest BCUT2D eigenvalue weighted by Crippen LogP contribution is -2.10. The van der Waals surface area contributed by atoms with E-state index in [0.29, 0.717) is 17.8 Å².